The van der Waals surface area contributed by atoms with Gasteiger partial charge < -0.3 is 9.67 Å². The lowest BCUT2D eigenvalue weighted by molar-refractivity contribution is 0.249. The standard InChI is InChI=1S/C11H11ClN2O/c12-10-3-1-9(2-4-10)11(7-15)14-6-5-13-8-14/h1-6,8,11,15H,7H2. The molecule has 0 fully saturated rings. The number of rotatable bonds is 3. The highest BCUT2D eigenvalue weighted by molar-refractivity contribution is 6.30. The average Bonchev–Trinajstić information content (AvgIpc) is 2.75. The fraction of sp³-hybridized carbons (Fsp3) is 0.182. The minimum Gasteiger partial charge on any atom is -0.394 e. The van der Waals surface area contributed by atoms with Crippen molar-refractivity contribution in [2.75, 3.05) is 6.61 Å². The van der Waals surface area contributed by atoms with Crippen LogP contribution in [0, 0.1) is 0 Å². The van der Waals surface area contributed by atoms with Crippen LogP contribution in [0.5, 0.6) is 0 Å². The van der Waals surface area contributed by atoms with E-state index < -0.39 is 0 Å². The monoisotopic (exact) mass is 222 g/mol. The maximum Gasteiger partial charge on any atom is 0.0952 e. The van der Waals surface area contributed by atoms with Gasteiger partial charge in [-0.05, 0) is 17.7 Å². The van der Waals surface area contributed by atoms with Gasteiger partial charge in [0.15, 0.2) is 0 Å². The molecule has 0 saturated heterocycles. The molecular weight excluding hydrogens is 212 g/mol. The molecule has 1 N–H and O–H groups in total. The molecule has 1 atom stereocenters. The number of benzene rings is 1. The van der Waals surface area contributed by atoms with Crippen molar-refractivity contribution < 1.29 is 5.11 Å². The van der Waals surface area contributed by atoms with Gasteiger partial charge in [0.2, 0.25) is 0 Å². The van der Waals surface area contributed by atoms with Crippen molar-refractivity contribution in [1.82, 2.24) is 9.55 Å². The van der Waals surface area contributed by atoms with E-state index in [4.69, 9.17) is 11.6 Å². The molecule has 1 aromatic carbocycles. The van der Waals surface area contributed by atoms with E-state index in [1.54, 1.807) is 12.5 Å². The van der Waals surface area contributed by atoms with E-state index in [2.05, 4.69) is 4.98 Å². The predicted molar refractivity (Wildman–Crippen MR) is 58.9 cm³/mol. The molecule has 1 heterocycles. The fourth-order valence-corrected chi connectivity index (χ4v) is 1.64. The Morgan fingerprint density at radius 3 is 2.60 bits per heavy atom. The lowest BCUT2D eigenvalue weighted by atomic mass is 10.1. The summed E-state index contributed by atoms with van der Waals surface area (Å²) >= 11 is 5.80. The summed E-state index contributed by atoms with van der Waals surface area (Å²) in [6.07, 6.45) is 5.21. The van der Waals surface area contributed by atoms with Crippen LogP contribution in [0.1, 0.15) is 11.6 Å². The molecule has 1 unspecified atom stereocenters. The fourth-order valence-electron chi connectivity index (χ4n) is 1.51. The van der Waals surface area contributed by atoms with Gasteiger partial charge in [-0.15, -0.1) is 0 Å². The number of hydrogen-bond donors (Lipinski definition) is 1. The molecule has 0 saturated carbocycles. The van der Waals surface area contributed by atoms with Crippen molar-refractivity contribution >= 4 is 11.6 Å². The van der Waals surface area contributed by atoms with Gasteiger partial charge in [-0.2, -0.15) is 0 Å². The zero-order chi connectivity index (χ0) is 10.7. The molecule has 0 aliphatic heterocycles. The third kappa shape index (κ3) is 2.19. The number of aromatic nitrogens is 2. The normalized spacial score (nSPS) is 12.7. The van der Waals surface area contributed by atoms with Crippen molar-refractivity contribution in [3.8, 4) is 0 Å². The second-order valence-electron chi connectivity index (χ2n) is 3.26. The van der Waals surface area contributed by atoms with Crippen LogP contribution < -0.4 is 0 Å². The Hall–Kier alpha value is -1.32. The van der Waals surface area contributed by atoms with Crippen molar-refractivity contribution in [3.05, 3.63) is 53.6 Å². The lowest BCUT2D eigenvalue weighted by Crippen LogP contribution is -2.12. The smallest absolute Gasteiger partial charge is 0.0952 e. The molecule has 0 bridgehead atoms. The van der Waals surface area contributed by atoms with E-state index in [-0.39, 0.29) is 12.6 Å². The molecule has 0 amide bonds. The lowest BCUT2D eigenvalue weighted by Gasteiger charge is -2.15. The third-order valence-corrected chi connectivity index (χ3v) is 2.56. The Balaban J connectivity index is 2.31. The van der Waals surface area contributed by atoms with Crippen molar-refractivity contribution in [2.24, 2.45) is 0 Å². The van der Waals surface area contributed by atoms with Crippen LogP contribution in [-0.2, 0) is 0 Å². The summed E-state index contributed by atoms with van der Waals surface area (Å²) in [4.78, 5) is 3.96. The summed E-state index contributed by atoms with van der Waals surface area (Å²) in [5.74, 6) is 0. The van der Waals surface area contributed by atoms with E-state index >= 15 is 0 Å². The van der Waals surface area contributed by atoms with Gasteiger partial charge in [-0.3, -0.25) is 0 Å². The predicted octanol–water partition coefficient (Wildman–Crippen LogP) is 2.12. The van der Waals surface area contributed by atoms with E-state index in [0.29, 0.717) is 5.02 Å². The highest BCUT2D eigenvalue weighted by Gasteiger charge is 2.11. The number of halogens is 1. The van der Waals surface area contributed by atoms with Crippen molar-refractivity contribution in [3.63, 3.8) is 0 Å². The van der Waals surface area contributed by atoms with Gasteiger partial charge in [0.1, 0.15) is 0 Å². The molecule has 3 nitrogen and oxygen atoms in total. The average molecular weight is 223 g/mol. The van der Waals surface area contributed by atoms with Crippen LogP contribution in [0.25, 0.3) is 0 Å². The first-order valence-corrected chi connectivity index (χ1v) is 5.03. The molecule has 4 heteroatoms. The van der Waals surface area contributed by atoms with Crippen LogP contribution in [0.2, 0.25) is 5.02 Å². The van der Waals surface area contributed by atoms with Gasteiger partial charge >= 0.3 is 0 Å². The molecule has 0 radical (unpaired) electrons. The summed E-state index contributed by atoms with van der Waals surface area (Å²) in [6.45, 7) is 0.0397. The van der Waals surface area contributed by atoms with E-state index in [1.807, 2.05) is 35.0 Å². The van der Waals surface area contributed by atoms with Crippen LogP contribution in [-0.4, -0.2) is 21.3 Å². The SMILES string of the molecule is OCC(c1ccc(Cl)cc1)n1ccnc1. The first-order chi connectivity index (χ1) is 7.31. The number of aliphatic hydroxyl groups excluding tert-OH is 1. The summed E-state index contributed by atoms with van der Waals surface area (Å²) < 4.78 is 1.86. The Morgan fingerprint density at radius 1 is 1.33 bits per heavy atom. The third-order valence-electron chi connectivity index (χ3n) is 2.31. The van der Waals surface area contributed by atoms with Gasteiger partial charge in [0.25, 0.3) is 0 Å². The molecule has 1 aromatic heterocycles. The number of imidazole rings is 1. The second-order valence-corrected chi connectivity index (χ2v) is 3.70. The number of aliphatic hydroxyl groups is 1. The molecular formula is C11H11ClN2O. The molecule has 2 rings (SSSR count). The first kappa shape index (κ1) is 10.2. The van der Waals surface area contributed by atoms with Crippen LogP contribution in [0.4, 0.5) is 0 Å². The zero-order valence-corrected chi connectivity index (χ0v) is 8.80. The molecule has 2 aromatic rings. The summed E-state index contributed by atoms with van der Waals surface area (Å²) in [7, 11) is 0. The summed E-state index contributed by atoms with van der Waals surface area (Å²) in [6, 6.07) is 7.35. The Labute approximate surface area is 93.0 Å². The highest BCUT2D eigenvalue weighted by Crippen LogP contribution is 2.19. The van der Waals surface area contributed by atoms with Crippen molar-refractivity contribution in [1.29, 1.82) is 0 Å². The second kappa shape index (κ2) is 4.47. The van der Waals surface area contributed by atoms with Crippen LogP contribution in [0.3, 0.4) is 0 Å². The molecule has 15 heavy (non-hydrogen) atoms. The zero-order valence-electron chi connectivity index (χ0n) is 8.05. The Bertz CT molecular complexity index is 411. The van der Waals surface area contributed by atoms with Crippen LogP contribution >= 0.6 is 11.6 Å². The Kier molecular flexibility index (Phi) is 3.04. The molecule has 0 aliphatic carbocycles. The molecule has 78 valence electrons. The van der Waals surface area contributed by atoms with Gasteiger partial charge in [-0.1, -0.05) is 23.7 Å². The maximum atomic E-state index is 9.34. The minimum absolute atomic E-state index is 0.0397. The maximum absolute atomic E-state index is 9.34. The van der Waals surface area contributed by atoms with Gasteiger partial charge in [0.05, 0.1) is 19.0 Å². The topological polar surface area (TPSA) is 38.0 Å². The molecule has 0 spiro atoms. The summed E-state index contributed by atoms with van der Waals surface area (Å²) in [5, 5.41) is 10.0. The first-order valence-electron chi connectivity index (χ1n) is 4.65. The Morgan fingerprint density at radius 2 is 2.07 bits per heavy atom. The van der Waals surface area contributed by atoms with Crippen molar-refractivity contribution in [2.45, 2.75) is 6.04 Å². The van der Waals surface area contributed by atoms with E-state index in [0.717, 1.165) is 5.56 Å². The largest absolute Gasteiger partial charge is 0.394 e. The highest BCUT2D eigenvalue weighted by atomic mass is 35.5. The van der Waals surface area contributed by atoms with E-state index in [1.165, 1.54) is 0 Å². The van der Waals surface area contributed by atoms with Gasteiger partial charge in [0, 0.05) is 17.4 Å². The molecule has 0 aliphatic rings. The minimum atomic E-state index is -0.0928. The number of nitrogens with zero attached hydrogens (tertiary/aromatic N) is 2. The number of hydrogen-bond acceptors (Lipinski definition) is 2. The van der Waals surface area contributed by atoms with E-state index in [9.17, 15) is 5.11 Å². The summed E-state index contributed by atoms with van der Waals surface area (Å²) in [5.41, 5.74) is 1.01. The quantitative estimate of drug-likeness (QED) is 0.864. The van der Waals surface area contributed by atoms with Crippen LogP contribution in [0.15, 0.2) is 43.0 Å². The van der Waals surface area contributed by atoms with Gasteiger partial charge in [-0.25, -0.2) is 4.98 Å².